The molecule has 1 fully saturated rings. The Labute approximate surface area is 132 Å². The van der Waals surface area contributed by atoms with E-state index in [0.717, 1.165) is 37.8 Å². The molecule has 6 heteroatoms. The summed E-state index contributed by atoms with van der Waals surface area (Å²) in [4.78, 5) is 17.4. The number of aryl methyl sites for hydroxylation is 1. The second-order valence-corrected chi connectivity index (χ2v) is 6.86. The van der Waals surface area contributed by atoms with Crippen LogP contribution in [-0.2, 0) is 17.9 Å². The molecule has 0 radical (unpaired) electrons. The van der Waals surface area contributed by atoms with Crippen molar-refractivity contribution in [3.05, 3.63) is 11.6 Å². The summed E-state index contributed by atoms with van der Waals surface area (Å²) in [6.45, 7) is 10.6. The van der Waals surface area contributed by atoms with Crippen molar-refractivity contribution in [1.29, 1.82) is 0 Å². The SMILES string of the molecule is Cc1nnc2n1CCN(C(=O)C(C(C)C)N1CCCCC1)C2. The van der Waals surface area contributed by atoms with Crippen LogP contribution in [0.5, 0.6) is 0 Å². The Kier molecular flexibility index (Phi) is 4.47. The molecule has 2 aliphatic rings. The van der Waals surface area contributed by atoms with Gasteiger partial charge in [0.15, 0.2) is 5.82 Å². The first kappa shape index (κ1) is 15.5. The fraction of sp³-hybridized carbons (Fsp3) is 0.812. The number of nitrogens with zero attached hydrogens (tertiary/aromatic N) is 5. The van der Waals surface area contributed by atoms with E-state index in [9.17, 15) is 4.79 Å². The molecule has 0 N–H and O–H groups in total. The molecule has 22 heavy (non-hydrogen) atoms. The molecule has 0 aliphatic carbocycles. The van der Waals surface area contributed by atoms with Crippen LogP contribution in [0.25, 0.3) is 0 Å². The maximum atomic E-state index is 13.1. The van der Waals surface area contributed by atoms with E-state index in [1.54, 1.807) is 0 Å². The lowest BCUT2D eigenvalue weighted by Crippen LogP contribution is -2.54. The van der Waals surface area contributed by atoms with Crippen LogP contribution in [0.2, 0.25) is 0 Å². The van der Waals surface area contributed by atoms with Gasteiger partial charge in [0.1, 0.15) is 5.82 Å². The fourth-order valence-electron chi connectivity index (χ4n) is 3.74. The van der Waals surface area contributed by atoms with Crippen molar-refractivity contribution >= 4 is 5.91 Å². The zero-order valence-electron chi connectivity index (χ0n) is 14.0. The van der Waals surface area contributed by atoms with Gasteiger partial charge >= 0.3 is 0 Å². The van der Waals surface area contributed by atoms with Gasteiger partial charge in [-0.2, -0.15) is 0 Å². The first-order valence-electron chi connectivity index (χ1n) is 8.49. The van der Waals surface area contributed by atoms with Crippen LogP contribution in [0.4, 0.5) is 0 Å². The number of hydrogen-bond acceptors (Lipinski definition) is 4. The minimum absolute atomic E-state index is 0.0101. The highest BCUT2D eigenvalue weighted by atomic mass is 16.2. The van der Waals surface area contributed by atoms with Gasteiger partial charge in [-0.25, -0.2) is 0 Å². The van der Waals surface area contributed by atoms with Gasteiger partial charge in [0.25, 0.3) is 0 Å². The lowest BCUT2D eigenvalue weighted by molar-refractivity contribution is -0.140. The van der Waals surface area contributed by atoms with Crippen molar-refractivity contribution in [3.8, 4) is 0 Å². The molecule has 1 aromatic rings. The van der Waals surface area contributed by atoms with E-state index in [-0.39, 0.29) is 11.9 Å². The molecule has 0 aromatic carbocycles. The Morgan fingerprint density at radius 2 is 1.77 bits per heavy atom. The molecule has 3 heterocycles. The molecule has 0 spiro atoms. The summed E-state index contributed by atoms with van der Waals surface area (Å²) in [7, 11) is 0. The van der Waals surface area contributed by atoms with Gasteiger partial charge in [-0.05, 0) is 38.8 Å². The van der Waals surface area contributed by atoms with E-state index in [1.807, 2.05) is 11.8 Å². The minimum atomic E-state index is 0.0101. The van der Waals surface area contributed by atoms with Crippen LogP contribution in [0.1, 0.15) is 44.8 Å². The summed E-state index contributed by atoms with van der Waals surface area (Å²) in [5.74, 6) is 2.47. The summed E-state index contributed by atoms with van der Waals surface area (Å²) >= 11 is 0. The molecule has 1 unspecified atom stereocenters. The van der Waals surface area contributed by atoms with Crippen LogP contribution in [-0.4, -0.2) is 56.1 Å². The maximum Gasteiger partial charge on any atom is 0.240 e. The number of carbonyl (C=O) groups excluding carboxylic acids is 1. The van der Waals surface area contributed by atoms with Gasteiger partial charge in [0, 0.05) is 13.1 Å². The van der Waals surface area contributed by atoms with Gasteiger partial charge in [-0.3, -0.25) is 9.69 Å². The Hall–Kier alpha value is -1.43. The van der Waals surface area contributed by atoms with Crippen molar-refractivity contribution in [1.82, 2.24) is 24.6 Å². The van der Waals surface area contributed by atoms with E-state index >= 15 is 0 Å². The maximum absolute atomic E-state index is 13.1. The predicted octanol–water partition coefficient (Wildman–Crippen LogP) is 1.44. The number of fused-ring (bicyclic) bond motifs is 1. The van der Waals surface area contributed by atoms with Crippen molar-refractivity contribution in [3.63, 3.8) is 0 Å². The highest BCUT2D eigenvalue weighted by Gasteiger charge is 2.34. The molecule has 1 amide bonds. The summed E-state index contributed by atoms with van der Waals surface area (Å²) in [5, 5.41) is 8.34. The average molecular weight is 305 g/mol. The molecule has 1 aromatic heterocycles. The number of amides is 1. The number of carbonyl (C=O) groups is 1. The zero-order valence-corrected chi connectivity index (χ0v) is 14.0. The first-order chi connectivity index (χ1) is 10.6. The zero-order chi connectivity index (χ0) is 15.7. The molecule has 2 aliphatic heterocycles. The van der Waals surface area contributed by atoms with Gasteiger partial charge in [0.05, 0.1) is 12.6 Å². The summed E-state index contributed by atoms with van der Waals surface area (Å²) < 4.78 is 2.12. The second-order valence-electron chi connectivity index (χ2n) is 6.86. The van der Waals surface area contributed by atoms with Crippen molar-refractivity contribution in [2.24, 2.45) is 5.92 Å². The topological polar surface area (TPSA) is 54.3 Å². The first-order valence-corrected chi connectivity index (χ1v) is 8.49. The fourth-order valence-corrected chi connectivity index (χ4v) is 3.74. The van der Waals surface area contributed by atoms with E-state index in [2.05, 4.69) is 33.5 Å². The van der Waals surface area contributed by atoms with E-state index in [1.165, 1.54) is 19.3 Å². The number of hydrogen-bond donors (Lipinski definition) is 0. The van der Waals surface area contributed by atoms with Gasteiger partial charge < -0.3 is 9.47 Å². The monoisotopic (exact) mass is 305 g/mol. The highest BCUT2D eigenvalue weighted by Crippen LogP contribution is 2.22. The third-order valence-corrected chi connectivity index (χ3v) is 4.92. The quantitative estimate of drug-likeness (QED) is 0.848. The lowest BCUT2D eigenvalue weighted by Gasteiger charge is -2.39. The van der Waals surface area contributed by atoms with Crippen LogP contribution in [0, 0.1) is 12.8 Å². The van der Waals surface area contributed by atoms with Crippen molar-refractivity contribution in [2.45, 2.75) is 59.2 Å². The number of aromatic nitrogens is 3. The summed E-state index contributed by atoms with van der Waals surface area (Å²) in [6, 6.07) is 0.0101. The van der Waals surface area contributed by atoms with E-state index in [0.29, 0.717) is 12.5 Å². The number of piperidine rings is 1. The van der Waals surface area contributed by atoms with E-state index < -0.39 is 0 Å². The normalized spacial score (nSPS) is 21.0. The number of rotatable bonds is 3. The molecule has 1 saturated heterocycles. The second kappa shape index (κ2) is 6.36. The predicted molar refractivity (Wildman–Crippen MR) is 84.2 cm³/mol. The molecular formula is C16H27N5O. The van der Waals surface area contributed by atoms with Gasteiger partial charge in [0.2, 0.25) is 5.91 Å². The van der Waals surface area contributed by atoms with Crippen LogP contribution in [0.3, 0.4) is 0 Å². The standard InChI is InChI=1S/C16H27N5O/c1-12(2)15(19-7-5-4-6-8-19)16(22)20-9-10-21-13(3)17-18-14(21)11-20/h12,15H,4-11H2,1-3H3. The molecule has 6 nitrogen and oxygen atoms in total. The third kappa shape index (κ3) is 2.89. The molecule has 3 rings (SSSR count). The Morgan fingerprint density at radius 1 is 1.05 bits per heavy atom. The van der Waals surface area contributed by atoms with Crippen LogP contribution >= 0.6 is 0 Å². The van der Waals surface area contributed by atoms with Crippen molar-refractivity contribution < 1.29 is 4.79 Å². The molecule has 1 atom stereocenters. The smallest absolute Gasteiger partial charge is 0.240 e. The Balaban J connectivity index is 1.73. The molecule has 0 bridgehead atoms. The van der Waals surface area contributed by atoms with Gasteiger partial charge in [-0.15, -0.1) is 10.2 Å². The van der Waals surface area contributed by atoms with Crippen LogP contribution < -0.4 is 0 Å². The Bertz CT molecular complexity index is 533. The van der Waals surface area contributed by atoms with E-state index in [4.69, 9.17) is 0 Å². The summed E-state index contributed by atoms with van der Waals surface area (Å²) in [5.41, 5.74) is 0. The Morgan fingerprint density at radius 3 is 2.45 bits per heavy atom. The van der Waals surface area contributed by atoms with Crippen molar-refractivity contribution in [2.75, 3.05) is 19.6 Å². The highest BCUT2D eigenvalue weighted by molar-refractivity contribution is 5.82. The average Bonchev–Trinajstić information content (AvgIpc) is 2.89. The lowest BCUT2D eigenvalue weighted by atomic mass is 9.97. The molecular weight excluding hydrogens is 278 g/mol. The molecule has 0 saturated carbocycles. The molecule has 122 valence electrons. The number of likely N-dealkylation sites (tertiary alicyclic amines) is 1. The largest absolute Gasteiger partial charge is 0.332 e. The van der Waals surface area contributed by atoms with Crippen LogP contribution in [0.15, 0.2) is 0 Å². The van der Waals surface area contributed by atoms with Gasteiger partial charge in [-0.1, -0.05) is 20.3 Å². The third-order valence-electron chi connectivity index (χ3n) is 4.92. The minimum Gasteiger partial charge on any atom is -0.332 e. The summed E-state index contributed by atoms with van der Waals surface area (Å²) in [6.07, 6.45) is 3.72.